The Labute approximate surface area is 143 Å². The highest BCUT2D eigenvalue weighted by atomic mass is 16.5. The van der Waals surface area contributed by atoms with E-state index in [2.05, 4.69) is 41.5 Å². The zero-order valence-electron chi connectivity index (χ0n) is 16.3. The second kappa shape index (κ2) is 7.11. The zero-order valence-corrected chi connectivity index (χ0v) is 16.3. The van der Waals surface area contributed by atoms with E-state index in [1.807, 2.05) is 0 Å². The molecule has 0 aromatic heterocycles. The van der Waals surface area contributed by atoms with Crippen molar-refractivity contribution in [3.05, 3.63) is 5.21 Å². The van der Waals surface area contributed by atoms with E-state index in [1.165, 1.54) is 25.7 Å². The SMILES string of the molecule is CC(C)C1CCC(C)(N=[N+]([O-])C2(C)CCC(C(C)C)CC2)CC1. The molecule has 0 atom stereocenters. The number of azo groups is 1. The third-order valence-corrected chi connectivity index (χ3v) is 6.89. The van der Waals surface area contributed by atoms with Crippen LogP contribution in [0.15, 0.2) is 5.11 Å². The molecule has 0 spiro atoms. The van der Waals surface area contributed by atoms with Crippen LogP contribution in [0.3, 0.4) is 0 Å². The highest BCUT2D eigenvalue weighted by Gasteiger charge is 2.42. The third kappa shape index (κ3) is 4.48. The number of hydrogen-bond acceptors (Lipinski definition) is 2. The highest BCUT2D eigenvalue weighted by Crippen LogP contribution is 2.41. The van der Waals surface area contributed by atoms with Crippen molar-refractivity contribution in [2.75, 3.05) is 0 Å². The Bertz CT molecular complexity index is 411. The van der Waals surface area contributed by atoms with Crippen LogP contribution < -0.4 is 0 Å². The molecular formula is C20H38N2O. The van der Waals surface area contributed by atoms with Crippen LogP contribution in [0.4, 0.5) is 0 Å². The lowest BCUT2D eigenvalue weighted by Gasteiger charge is -2.38. The lowest BCUT2D eigenvalue weighted by Crippen LogP contribution is -2.42. The standard InChI is InChI=1S/C20H38N2O/c1-15(2)17-7-11-19(5,12-8-17)21-22(23)20(6)13-9-18(10-14-20)16(3)4/h15-18H,7-14H2,1-6H3. The first-order valence-corrected chi connectivity index (χ1v) is 9.85. The normalized spacial score (nSPS) is 39.9. The first-order valence-electron chi connectivity index (χ1n) is 9.85. The maximum Gasteiger partial charge on any atom is 0.196 e. The Kier molecular flexibility index (Phi) is 5.79. The van der Waals surface area contributed by atoms with E-state index >= 15 is 0 Å². The van der Waals surface area contributed by atoms with Crippen LogP contribution in [0.1, 0.15) is 92.9 Å². The summed E-state index contributed by atoms with van der Waals surface area (Å²) in [4.78, 5) is 1.12. The topological polar surface area (TPSA) is 38.4 Å². The lowest BCUT2D eigenvalue weighted by molar-refractivity contribution is -0.618. The third-order valence-electron chi connectivity index (χ3n) is 6.89. The number of rotatable bonds is 4. The Balaban J connectivity index is 1.99. The minimum Gasteiger partial charge on any atom is -0.599 e. The van der Waals surface area contributed by atoms with Crippen molar-refractivity contribution in [1.29, 1.82) is 0 Å². The van der Waals surface area contributed by atoms with E-state index < -0.39 is 0 Å². The van der Waals surface area contributed by atoms with Gasteiger partial charge in [-0.15, -0.1) is 0 Å². The molecule has 2 fully saturated rings. The lowest BCUT2D eigenvalue weighted by atomic mass is 9.73. The van der Waals surface area contributed by atoms with E-state index in [-0.39, 0.29) is 11.1 Å². The summed E-state index contributed by atoms with van der Waals surface area (Å²) < 4.78 is 0. The average molecular weight is 323 g/mol. The van der Waals surface area contributed by atoms with Crippen LogP contribution in [0, 0.1) is 28.9 Å². The second-order valence-electron chi connectivity index (χ2n) is 9.53. The fourth-order valence-corrected chi connectivity index (χ4v) is 4.49. The van der Waals surface area contributed by atoms with Gasteiger partial charge in [0.2, 0.25) is 0 Å². The molecule has 3 heteroatoms. The molecule has 0 aliphatic heterocycles. The molecule has 0 saturated heterocycles. The molecule has 0 aromatic carbocycles. The molecule has 0 unspecified atom stereocenters. The van der Waals surface area contributed by atoms with Crippen molar-refractivity contribution in [3.8, 4) is 0 Å². The van der Waals surface area contributed by atoms with Crippen LogP contribution in [0.2, 0.25) is 0 Å². The fraction of sp³-hybridized carbons (Fsp3) is 1.00. The molecule has 0 heterocycles. The maximum atomic E-state index is 12.8. The van der Waals surface area contributed by atoms with Crippen LogP contribution in [-0.4, -0.2) is 15.9 Å². The molecule has 3 nitrogen and oxygen atoms in total. The molecule has 0 aromatic rings. The summed E-state index contributed by atoms with van der Waals surface area (Å²) in [5.74, 6) is 3.09. The number of hydrogen-bond donors (Lipinski definition) is 0. The van der Waals surface area contributed by atoms with Gasteiger partial charge >= 0.3 is 0 Å². The molecule has 0 radical (unpaired) electrons. The van der Waals surface area contributed by atoms with Crippen LogP contribution in [0.5, 0.6) is 0 Å². The van der Waals surface area contributed by atoms with E-state index in [1.54, 1.807) is 0 Å². The molecule has 23 heavy (non-hydrogen) atoms. The van der Waals surface area contributed by atoms with Crippen molar-refractivity contribution in [2.45, 2.75) is 104 Å². The largest absolute Gasteiger partial charge is 0.599 e. The Morgan fingerprint density at radius 3 is 1.61 bits per heavy atom. The van der Waals surface area contributed by atoms with Gasteiger partial charge in [-0.3, -0.25) is 0 Å². The fourth-order valence-electron chi connectivity index (χ4n) is 4.49. The minimum atomic E-state index is -0.275. The van der Waals surface area contributed by atoms with Crippen LogP contribution in [-0.2, 0) is 0 Å². The van der Waals surface area contributed by atoms with Gasteiger partial charge in [0, 0.05) is 19.8 Å². The summed E-state index contributed by atoms with van der Waals surface area (Å²) in [5, 5.41) is 17.5. The maximum absolute atomic E-state index is 12.8. The monoisotopic (exact) mass is 322 g/mol. The van der Waals surface area contributed by atoms with Gasteiger partial charge in [0.1, 0.15) is 5.54 Å². The summed E-state index contributed by atoms with van der Waals surface area (Å²) in [5.41, 5.74) is -0.408. The highest BCUT2D eigenvalue weighted by molar-refractivity contribution is 4.89. The van der Waals surface area contributed by atoms with E-state index in [0.29, 0.717) is 0 Å². The van der Waals surface area contributed by atoms with Gasteiger partial charge in [-0.25, -0.2) is 0 Å². The van der Waals surface area contributed by atoms with Gasteiger partial charge in [-0.05, 0) is 74.2 Å². The van der Waals surface area contributed by atoms with Crippen molar-refractivity contribution in [3.63, 3.8) is 0 Å². The van der Waals surface area contributed by atoms with Gasteiger partial charge < -0.3 is 5.21 Å². The Hall–Kier alpha value is -0.600. The van der Waals surface area contributed by atoms with Crippen molar-refractivity contribution in [1.82, 2.24) is 0 Å². The van der Waals surface area contributed by atoms with Crippen LogP contribution >= 0.6 is 0 Å². The number of hydroxylamine groups is 1. The van der Waals surface area contributed by atoms with Gasteiger partial charge in [-0.2, -0.15) is 0 Å². The molecule has 2 aliphatic carbocycles. The van der Waals surface area contributed by atoms with Gasteiger partial charge in [0.15, 0.2) is 5.54 Å². The van der Waals surface area contributed by atoms with Gasteiger partial charge in [-0.1, -0.05) is 32.6 Å². The molecular weight excluding hydrogens is 284 g/mol. The van der Waals surface area contributed by atoms with Crippen molar-refractivity contribution in [2.24, 2.45) is 28.8 Å². The summed E-state index contributed by atoms with van der Waals surface area (Å²) in [6.07, 6.45) is 8.91. The summed E-state index contributed by atoms with van der Waals surface area (Å²) in [6.45, 7) is 13.6. The Morgan fingerprint density at radius 1 is 0.826 bits per heavy atom. The quantitative estimate of drug-likeness (QED) is 0.347. The molecule has 2 saturated carbocycles. The molecule has 0 N–H and O–H groups in total. The van der Waals surface area contributed by atoms with E-state index in [0.717, 1.165) is 54.2 Å². The Morgan fingerprint density at radius 2 is 1.22 bits per heavy atom. The predicted molar refractivity (Wildman–Crippen MR) is 96.5 cm³/mol. The van der Waals surface area contributed by atoms with E-state index in [9.17, 15) is 5.21 Å². The molecule has 2 rings (SSSR count). The minimum absolute atomic E-state index is 0.134. The van der Waals surface area contributed by atoms with Crippen molar-refractivity contribution < 1.29 is 4.86 Å². The average Bonchev–Trinajstić information content (AvgIpc) is 2.47. The molecule has 2 aliphatic rings. The molecule has 134 valence electrons. The van der Waals surface area contributed by atoms with Crippen LogP contribution in [0.25, 0.3) is 0 Å². The smallest absolute Gasteiger partial charge is 0.196 e. The first kappa shape index (κ1) is 18.7. The number of nitrogens with zero attached hydrogens (tertiary/aromatic N) is 2. The summed E-state index contributed by atoms with van der Waals surface area (Å²) >= 11 is 0. The van der Waals surface area contributed by atoms with Gasteiger partial charge in [0.25, 0.3) is 0 Å². The predicted octanol–water partition coefficient (Wildman–Crippen LogP) is 6.16. The first-order chi connectivity index (χ1) is 10.7. The van der Waals surface area contributed by atoms with Crippen molar-refractivity contribution >= 4 is 0 Å². The zero-order chi connectivity index (χ0) is 17.3. The van der Waals surface area contributed by atoms with Gasteiger partial charge in [0.05, 0.1) is 0 Å². The summed E-state index contributed by atoms with van der Waals surface area (Å²) in [7, 11) is 0. The molecule has 0 bridgehead atoms. The van der Waals surface area contributed by atoms with E-state index in [4.69, 9.17) is 5.11 Å². The molecule has 0 amide bonds. The summed E-state index contributed by atoms with van der Waals surface area (Å²) in [6, 6.07) is 0. The second-order valence-corrected chi connectivity index (χ2v) is 9.53.